The van der Waals surface area contributed by atoms with Gasteiger partial charge in [-0.25, -0.2) is 9.98 Å². The van der Waals surface area contributed by atoms with E-state index in [-0.39, 0.29) is 30.5 Å². The molecule has 0 amide bonds. The Morgan fingerprint density at radius 2 is 1.96 bits per heavy atom. The summed E-state index contributed by atoms with van der Waals surface area (Å²) >= 11 is 0.954. The molecule has 0 aliphatic heterocycles. The van der Waals surface area contributed by atoms with Crippen molar-refractivity contribution in [3.05, 3.63) is 45.9 Å². The second kappa shape index (κ2) is 12.1. The van der Waals surface area contributed by atoms with Gasteiger partial charge in [0, 0.05) is 18.5 Å². The van der Waals surface area contributed by atoms with E-state index >= 15 is 0 Å². The number of alkyl halides is 3. The third-order valence-electron chi connectivity index (χ3n) is 3.52. The predicted octanol–water partition coefficient (Wildman–Crippen LogP) is 4.48. The summed E-state index contributed by atoms with van der Waals surface area (Å²) in [5, 5.41) is 7.59. The molecule has 156 valence electrons. The normalized spacial score (nSPS) is 11.7. The predicted molar refractivity (Wildman–Crippen MR) is 117 cm³/mol. The zero-order valence-electron chi connectivity index (χ0n) is 15.7. The molecule has 2 N–H and O–H groups in total. The Balaban J connectivity index is 0.00000392. The average molecular weight is 528 g/mol. The maximum atomic E-state index is 12.6. The summed E-state index contributed by atoms with van der Waals surface area (Å²) in [4.78, 5) is 7.90. The van der Waals surface area contributed by atoms with E-state index in [4.69, 9.17) is 4.74 Å². The lowest BCUT2D eigenvalue weighted by molar-refractivity contribution is -0.140. The maximum absolute atomic E-state index is 12.6. The van der Waals surface area contributed by atoms with E-state index in [1.165, 1.54) is 0 Å². The number of para-hydroxylation sites is 1. The van der Waals surface area contributed by atoms with Crippen LogP contribution in [-0.4, -0.2) is 30.6 Å². The molecule has 2 aromatic rings. The molecule has 5 nitrogen and oxygen atoms in total. The van der Waals surface area contributed by atoms with Crippen LogP contribution >= 0.6 is 35.3 Å². The van der Waals surface area contributed by atoms with Crippen molar-refractivity contribution in [1.29, 1.82) is 0 Å². The van der Waals surface area contributed by atoms with Gasteiger partial charge in [-0.05, 0) is 31.9 Å². The standard InChI is InChI=1S/C18H23F3N4OS.HI/c1-3-22-17(24-11-16-25-15(12-27-16)18(19,20)21)23-10-9-13-7-5-6-8-14(13)26-4-2;/h5-8,12H,3-4,9-11H2,1-2H3,(H2,22,23,24);1H. The minimum absolute atomic E-state index is 0. The number of hydrogen-bond donors (Lipinski definition) is 2. The summed E-state index contributed by atoms with van der Waals surface area (Å²) in [5.74, 6) is 1.39. The molecule has 0 fully saturated rings. The second-order valence-corrected chi connectivity index (χ2v) is 6.48. The number of halogens is 4. The fourth-order valence-corrected chi connectivity index (χ4v) is 3.05. The Kier molecular flexibility index (Phi) is 10.6. The smallest absolute Gasteiger partial charge is 0.434 e. The molecule has 0 aliphatic rings. The molecule has 0 saturated carbocycles. The minimum Gasteiger partial charge on any atom is -0.494 e. The highest BCUT2D eigenvalue weighted by atomic mass is 127. The number of aliphatic imine (C=N–C) groups is 1. The zero-order chi connectivity index (χ0) is 19.7. The molecule has 0 bridgehead atoms. The Bertz CT molecular complexity index is 752. The van der Waals surface area contributed by atoms with Gasteiger partial charge in [0.15, 0.2) is 11.7 Å². The SMILES string of the molecule is CCNC(=NCc1nc(C(F)(F)F)cs1)NCCc1ccccc1OCC.I. The van der Waals surface area contributed by atoms with Crippen molar-refractivity contribution < 1.29 is 17.9 Å². The number of guanidine groups is 1. The maximum Gasteiger partial charge on any atom is 0.434 e. The zero-order valence-corrected chi connectivity index (χ0v) is 18.8. The number of nitrogens with one attached hydrogen (secondary N) is 2. The van der Waals surface area contributed by atoms with E-state index in [1.807, 2.05) is 38.1 Å². The number of benzene rings is 1. The van der Waals surface area contributed by atoms with Gasteiger partial charge in [0.2, 0.25) is 0 Å². The van der Waals surface area contributed by atoms with Gasteiger partial charge in [-0.2, -0.15) is 13.2 Å². The fourth-order valence-electron chi connectivity index (χ4n) is 2.32. The topological polar surface area (TPSA) is 58.5 Å². The highest BCUT2D eigenvalue weighted by Crippen LogP contribution is 2.30. The Morgan fingerprint density at radius 3 is 2.61 bits per heavy atom. The summed E-state index contributed by atoms with van der Waals surface area (Å²) in [5.41, 5.74) is 0.209. The van der Waals surface area contributed by atoms with Crippen LogP contribution in [0.3, 0.4) is 0 Å². The van der Waals surface area contributed by atoms with Crippen LogP contribution in [0.4, 0.5) is 13.2 Å². The summed E-state index contributed by atoms with van der Waals surface area (Å²) in [6.07, 6.45) is -3.69. The molecule has 0 unspecified atom stereocenters. The van der Waals surface area contributed by atoms with Crippen molar-refractivity contribution in [2.75, 3.05) is 19.7 Å². The molecule has 0 aliphatic carbocycles. The molecule has 28 heavy (non-hydrogen) atoms. The van der Waals surface area contributed by atoms with Gasteiger partial charge in [0.25, 0.3) is 0 Å². The number of rotatable bonds is 8. The molecule has 1 aromatic heterocycles. The van der Waals surface area contributed by atoms with Crippen molar-refractivity contribution in [2.24, 2.45) is 4.99 Å². The second-order valence-electron chi connectivity index (χ2n) is 5.54. The lowest BCUT2D eigenvalue weighted by atomic mass is 10.1. The van der Waals surface area contributed by atoms with Gasteiger partial charge in [0.05, 0.1) is 13.2 Å². The molecular formula is C18H24F3IN4OS. The third kappa shape index (κ3) is 7.82. The van der Waals surface area contributed by atoms with Crippen LogP contribution in [-0.2, 0) is 19.1 Å². The number of aromatic nitrogens is 1. The Labute approximate surface area is 183 Å². The molecular weight excluding hydrogens is 504 g/mol. The van der Waals surface area contributed by atoms with Crippen LogP contribution in [0.15, 0.2) is 34.6 Å². The summed E-state index contributed by atoms with van der Waals surface area (Å²) in [7, 11) is 0. The van der Waals surface area contributed by atoms with Crippen LogP contribution in [0, 0.1) is 0 Å². The van der Waals surface area contributed by atoms with E-state index in [0.717, 1.165) is 34.5 Å². The van der Waals surface area contributed by atoms with Crippen LogP contribution in [0.5, 0.6) is 5.75 Å². The van der Waals surface area contributed by atoms with Crippen molar-refractivity contribution in [3.8, 4) is 5.75 Å². The van der Waals surface area contributed by atoms with E-state index in [1.54, 1.807) is 0 Å². The van der Waals surface area contributed by atoms with Crippen molar-refractivity contribution >= 4 is 41.3 Å². The van der Waals surface area contributed by atoms with Crippen molar-refractivity contribution in [1.82, 2.24) is 15.6 Å². The molecule has 0 radical (unpaired) electrons. The van der Waals surface area contributed by atoms with Gasteiger partial charge in [-0.3, -0.25) is 0 Å². The first-order valence-electron chi connectivity index (χ1n) is 8.68. The van der Waals surface area contributed by atoms with Gasteiger partial charge in [-0.15, -0.1) is 35.3 Å². The van der Waals surface area contributed by atoms with E-state index in [0.29, 0.717) is 30.7 Å². The summed E-state index contributed by atoms with van der Waals surface area (Å²) in [6.45, 7) is 5.81. The van der Waals surface area contributed by atoms with Crippen LogP contribution < -0.4 is 15.4 Å². The minimum atomic E-state index is -4.42. The average Bonchev–Trinajstić information content (AvgIpc) is 3.11. The fraction of sp³-hybridized carbons (Fsp3) is 0.444. The van der Waals surface area contributed by atoms with E-state index in [9.17, 15) is 13.2 Å². The molecule has 10 heteroatoms. The number of hydrogen-bond acceptors (Lipinski definition) is 4. The lowest BCUT2D eigenvalue weighted by Gasteiger charge is -2.13. The molecule has 0 atom stereocenters. The van der Waals surface area contributed by atoms with Crippen molar-refractivity contribution in [3.63, 3.8) is 0 Å². The third-order valence-corrected chi connectivity index (χ3v) is 4.35. The summed E-state index contributed by atoms with van der Waals surface area (Å²) in [6, 6.07) is 7.82. The van der Waals surface area contributed by atoms with Gasteiger partial charge in [-0.1, -0.05) is 18.2 Å². The molecule has 1 heterocycles. The Morgan fingerprint density at radius 1 is 1.21 bits per heavy atom. The van der Waals surface area contributed by atoms with Crippen molar-refractivity contribution in [2.45, 2.75) is 33.0 Å². The van der Waals surface area contributed by atoms with Gasteiger partial charge >= 0.3 is 6.18 Å². The highest BCUT2D eigenvalue weighted by molar-refractivity contribution is 14.0. The monoisotopic (exact) mass is 528 g/mol. The number of nitrogens with zero attached hydrogens (tertiary/aromatic N) is 2. The number of thiazole rings is 1. The summed E-state index contributed by atoms with van der Waals surface area (Å²) < 4.78 is 43.4. The molecule has 0 saturated heterocycles. The number of ether oxygens (including phenoxy) is 1. The Hall–Kier alpha value is -1.56. The van der Waals surface area contributed by atoms with Crippen LogP contribution in [0.2, 0.25) is 0 Å². The molecule has 0 spiro atoms. The van der Waals surface area contributed by atoms with Crippen LogP contribution in [0.25, 0.3) is 0 Å². The first-order valence-corrected chi connectivity index (χ1v) is 9.56. The van der Waals surface area contributed by atoms with Crippen LogP contribution in [0.1, 0.15) is 30.1 Å². The quantitative estimate of drug-likeness (QED) is 0.302. The van der Waals surface area contributed by atoms with E-state index < -0.39 is 11.9 Å². The first kappa shape index (κ1) is 24.5. The van der Waals surface area contributed by atoms with Gasteiger partial charge < -0.3 is 15.4 Å². The van der Waals surface area contributed by atoms with Gasteiger partial charge in [0.1, 0.15) is 10.8 Å². The van der Waals surface area contributed by atoms with E-state index in [2.05, 4.69) is 20.6 Å². The molecule has 2 rings (SSSR count). The first-order chi connectivity index (χ1) is 12.9. The highest BCUT2D eigenvalue weighted by Gasteiger charge is 2.33. The molecule has 1 aromatic carbocycles. The lowest BCUT2D eigenvalue weighted by Crippen LogP contribution is -2.38. The largest absolute Gasteiger partial charge is 0.494 e.